The van der Waals surface area contributed by atoms with Crippen molar-refractivity contribution in [1.82, 2.24) is 9.97 Å². The lowest BCUT2D eigenvalue weighted by atomic mass is 10.3. The molecule has 0 aliphatic rings. The van der Waals surface area contributed by atoms with Crippen LogP contribution in [0.25, 0.3) is 11.0 Å². The average Bonchev–Trinajstić information content (AvgIpc) is 2.46. The molecule has 0 saturated heterocycles. The average molecular weight is 198 g/mol. The summed E-state index contributed by atoms with van der Waals surface area (Å²) in [5, 5.41) is 10.5. The summed E-state index contributed by atoms with van der Waals surface area (Å²) in [6.45, 7) is 0. The van der Waals surface area contributed by atoms with E-state index in [2.05, 4.69) is 9.97 Å². The van der Waals surface area contributed by atoms with Crippen LogP contribution in [0.1, 0.15) is 11.9 Å². The first-order valence-corrected chi connectivity index (χ1v) is 4.12. The fraction of sp³-hybridized carbons (Fsp3) is 0.125. The van der Waals surface area contributed by atoms with Crippen molar-refractivity contribution in [3.8, 4) is 0 Å². The highest BCUT2D eigenvalue weighted by atomic mass is 35.5. The van der Waals surface area contributed by atoms with Crippen LogP contribution in [0.15, 0.2) is 18.3 Å². The normalized spacial score (nSPS) is 13.5. The van der Waals surface area contributed by atoms with Crippen molar-refractivity contribution in [3.05, 3.63) is 29.0 Å². The summed E-state index contributed by atoms with van der Waals surface area (Å²) in [6.07, 6.45) is 0.528. The number of aliphatic hydroxyl groups excluding tert-OH is 1. The molecule has 0 aliphatic heterocycles. The predicted octanol–water partition coefficient (Wildman–Crippen LogP) is 1.17. The van der Waals surface area contributed by atoms with E-state index in [1.54, 1.807) is 12.1 Å². The Hall–Kier alpha value is -1.10. The van der Waals surface area contributed by atoms with Gasteiger partial charge in [0.2, 0.25) is 0 Å². The van der Waals surface area contributed by atoms with Crippen LogP contribution >= 0.6 is 11.6 Å². The maximum atomic E-state index is 9.08. The minimum absolute atomic E-state index is 0.532. The topological polar surface area (TPSA) is 74.9 Å². The third-order valence-corrected chi connectivity index (χ3v) is 1.98. The second-order valence-corrected chi connectivity index (χ2v) is 3.20. The van der Waals surface area contributed by atoms with Crippen LogP contribution in [-0.2, 0) is 0 Å². The van der Waals surface area contributed by atoms with Crippen LogP contribution in [0.4, 0.5) is 0 Å². The van der Waals surface area contributed by atoms with Crippen LogP contribution in [0.2, 0.25) is 5.02 Å². The van der Waals surface area contributed by atoms with E-state index in [1.165, 1.54) is 6.20 Å². The van der Waals surface area contributed by atoms with E-state index in [0.717, 1.165) is 5.39 Å². The van der Waals surface area contributed by atoms with Gasteiger partial charge in [-0.1, -0.05) is 11.6 Å². The fourth-order valence-corrected chi connectivity index (χ4v) is 1.34. The molecule has 1 unspecified atom stereocenters. The van der Waals surface area contributed by atoms with Gasteiger partial charge in [-0.3, -0.25) is 0 Å². The van der Waals surface area contributed by atoms with Gasteiger partial charge < -0.3 is 15.8 Å². The molecule has 0 bridgehead atoms. The Morgan fingerprint density at radius 1 is 1.54 bits per heavy atom. The van der Waals surface area contributed by atoms with Crippen molar-refractivity contribution >= 4 is 22.6 Å². The molecule has 1 atom stereocenters. The molecule has 5 heteroatoms. The van der Waals surface area contributed by atoms with Gasteiger partial charge in [-0.25, -0.2) is 4.98 Å². The zero-order valence-electron chi connectivity index (χ0n) is 6.66. The number of aliphatic hydroxyl groups is 1. The van der Waals surface area contributed by atoms with E-state index < -0.39 is 6.23 Å². The molecule has 2 rings (SSSR count). The van der Waals surface area contributed by atoms with Crippen LogP contribution in [0.5, 0.6) is 0 Å². The zero-order valence-corrected chi connectivity index (χ0v) is 7.42. The summed E-state index contributed by atoms with van der Waals surface area (Å²) in [4.78, 5) is 6.91. The number of pyridine rings is 1. The maximum Gasteiger partial charge on any atom is 0.143 e. The highest BCUT2D eigenvalue weighted by Crippen LogP contribution is 2.19. The molecule has 4 N–H and O–H groups in total. The number of nitrogens with one attached hydrogen (secondary N) is 1. The highest BCUT2D eigenvalue weighted by molar-refractivity contribution is 6.31. The SMILES string of the molecule is NC(O)c1cc2cc(Cl)cnc2[nH]1. The smallest absolute Gasteiger partial charge is 0.143 e. The molecule has 2 heterocycles. The van der Waals surface area contributed by atoms with E-state index in [9.17, 15) is 0 Å². The first-order valence-electron chi connectivity index (χ1n) is 3.74. The lowest BCUT2D eigenvalue weighted by molar-refractivity contribution is 0.182. The van der Waals surface area contributed by atoms with Crippen molar-refractivity contribution in [3.63, 3.8) is 0 Å². The number of halogens is 1. The van der Waals surface area contributed by atoms with Gasteiger partial charge in [0.25, 0.3) is 0 Å². The number of aromatic nitrogens is 2. The molecular weight excluding hydrogens is 190 g/mol. The Balaban J connectivity index is 2.62. The molecule has 2 aromatic heterocycles. The molecule has 68 valence electrons. The molecule has 0 spiro atoms. The minimum Gasteiger partial charge on any atom is -0.373 e. The highest BCUT2D eigenvalue weighted by Gasteiger charge is 2.06. The minimum atomic E-state index is -1.01. The molecule has 13 heavy (non-hydrogen) atoms. The van der Waals surface area contributed by atoms with Crippen molar-refractivity contribution in [1.29, 1.82) is 0 Å². The van der Waals surface area contributed by atoms with Crippen molar-refractivity contribution < 1.29 is 5.11 Å². The first kappa shape index (κ1) is 8.50. The standard InChI is InChI=1S/C8H8ClN3O/c9-5-1-4-2-6(7(10)13)12-8(4)11-3-5/h1-3,7,13H,10H2,(H,11,12). The molecule has 0 aliphatic carbocycles. The number of hydrogen-bond acceptors (Lipinski definition) is 3. The van der Waals surface area contributed by atoms with Gasteiger partial charge >= 0.3 is 0 Å². The van der Waals surface area contributed by atoms with Crippen LogP contribution < -0.4 is 5.73 Å². The summed E-state index contributed by atoms with van der Waals surface area (Å²) < 4.78 is 0. The maximum absolute atomic E-state index is 9.08. The van der Waals surface area contributed by atoms with Crippen molar-refractivity contribution in [2.45, 2.75) is 6.23 Å². The molecule has 4 nitrogen and oxygen atoms in total. The quantitative estimate of drug-likeness (QED) is 0.601. The number of H-pyrrole nitrogens is 1. The zero-order chi connectivity index (χ0) is 9.42. The third-order valence-electron chi connectivity index (χ3n) is 1.78. The van der Waals surface area contributed by atoms with Crippen LogP contribution in [0, 0.1) is 0 Å². The van der Waals surface area contributed by atoms with Gasteiger partial charge in [0, 0.05) is 11.6 Å². The summed E-state index contributed by atoms with van der Waals surface area (Å²) in [7, 11) is 0. The second kappa shape index (κ2) is 2.99. The lowest BCUT2D eigenvalue weighted by Crippen LogP contribution is -2.08. The lowest BCUT2D eigenvalue weighted by Gasteiger charge is -1.97. The summed E-state index contributed by atoms with van der Waals surface area (Å²) in [6, 6.07) is 3.48. The Bertz CT molecular complexity index is 438. The number of fused-ring (bicyclic) bond motifs is 1. The number of nitrogens with two attached hydrogens (primary N) is 1. The fourth-order valence-electron chi connectivity index (χ4n) is 1.17. The predicted molar refractivity (Wildman–Crippen MR) is 50.3 cm³/mol. The Kier molecular flexibility index (Phi) is 1.95. The van der Waals surface area contributed by atoms with Gasteiger partial charge in [0.05, 0.1) is 10.7 Å². The number of nitrogens with zero attached hydrogens (tertiary/aromatic N) is 1. The number of aromatic amines is 1. The largest absolute Gasteiger partial charge is 0.373 e. The van der Waals surface area contributed by atoms with Crippen LogP contribution in [-0.4, -0.2) is 15.1 Å². The van der Waals surface area contributed by atoms with E-state index in [4.69, 9.17) is 22.4 Å². The van der Waals surface area contributed by atoms with Crippen molar-refractivity contribution in [2.24, 2.45) is 5.73 Å². The van der Waals surface area contributed by atoms with Crippen LogP contribution in [0.3, 0.4) is 0 Å². The Labute approximate surface area is 79.3 Å². The van der Waals surface area contributed by atoms with Gasteiger partial charge in [-0.05, 0) is 12.1 Å². The summed E-state index contributed by atoms with van der Waals surface area (Å²) in [5.41, 5.74) is 6.48. The molecule has 0 fully saturated rings. The van der Waals surface area contributed by atoms with E-state index >= 15 is 0 Å². The van der Waals surface area contributed by atoms with E-state index in [-0.39, 0.29) is 0 Å². The van der Waals surface area contributed by atoms with Gasteiger partial charge in [0.15, 0.2) is 0 Å². The van der Waals surface area contributed by atoms with Gasteiger partial charge in [-0.2, -0.15) is 0 Å². The molecular formula is C8H8ClN3O. The van der Waals surface area contributed by atoms with E-state index in [0.29, 0.717) is 16.4 Å². The first-order chi connectivity index (χ1) is 6.16. The Morgan fingerprint density at radius 3 is 3.00 bits per heavy atom. The Morgan fingerprint density at radius 2 is 2.31 bits per heavy atom. The molecule has 0 saturated carbocycles. The molecule has 0 aromatic carbocycles. The van der Waals surface area contributed by atoms with Crippen molar-refractivity contribution in [2.75, 3.05) is 0 Å². The molecule has 0 radical (unpaired) electrons. The third kappa shape index (κ3) is 1.51. The number of hydrogen-bond donors (Lipinski definition) is 3. The van der Waals surface area contributed by atoms with Gasteiger partial charge in [-0.15, -0.1) is 0 Å². The van der Waals surface area contributed by atoms with E-state index in [1.807, 2.05) is 0 Å². The van der Waals surface area contributed by atoms with Gasteiger partial charge in [0.1, 0.15) is 11.9 Å². The summed E-state index contributed by atoms with van der Waals surface area (Å²) in [5.74, 6) is 0. The molecule has 2 aromatic rings. The monoisotopic (exact) mass is 197 g/mol. The second-order valence-electron chi connectivity index (χ2n) is 2.76. The number of rotatable bonds is 1. The summed E-state index contributed by atoms with van der Waals surface area (Å²) >= 11 is 5.74. The molecule has 0 amide bonds.